The van der Waals surface area contributed by atoms with Gasteiger partial charge >= 0.3 is 5.90 Å². The lowest BCUT2D eigenvalue weighted by atomic mass is 9.98. The van der Waals surface area contributed by atoms with Crippen LogP contribution in [0.4, 0.5) is 0 Å². The molecule has 10 heteroatoms. The third-order valence-electron chi connectivity index (χ3n) is 4.77. The van der Waals surface area contributed by atoms with Gasteiger partial charge in [-0.05, 0) is 30.3 Å². The van der Waals surface area contributed by atoms with E-state index in [-0.39, 0.29) is 18.8 Å². The molecular weight excluding hydrogens is 426 g/mol. The van der Waals surface area contributed by atoms with E-state index in [2.05, 4.69) is 5.43 Å². The highest BCUT2D eigenvalue weighted by Crippen LogP contribution is 2.38. The van der Waals surface area contributed by atoms with Crippen LogP contribution in [0.3, 0.4) is 0 Å². The summed E-state index contributed by atoms with van der Waals surface area (Å²) in [6.45, 7) is -0.366. The second kappa shape index (κ2) is 8.21. The summed E-state index contributed by atoms with van der Waals surface area (Å²) in [5.74, 6) is -0.415. The van der Waals surface area contributed by atoms with Crippen molar-refractivity contribution in [3.05, 3.63) is 99.2 Å². The molecule has 4 rings (SSSR count). The maximum absolute atomic E-state index is 13.0. The Morgan fingerprint density at radius 3 is 2.55 bits per heavy atom. The fourth-order valence-electron chi connectivity index (χ4n) is 3.27. The monoisotopic (exact) mass is 442 g/mol. The molecule has 2 aromatic rings. The second-order valence-corrected chi connectivity index (χ2v) is 7.25. The van der Waals surface area contributed by atoms with Crippen molar-refractivity contribution in [2.24, 2.45) is 0 Å². The predicted octanol–water partition coefficient (Wildman–Crippen LogP) is 2.51. The summed E-state index contributed by atoms with van der Waals surface area (Å²) in [4.78, 5) is 12.3. The zero-order valence-corrected chi connectivity index (χ0v) is 16.8. The van der Waals surface area contributed by atoms with E-state index in [4.69, 9.17) is 21.1 Å². The van der Waals surface area contributed by atoms with Crippen molar-refractivity contribution in [1.82, 2.24) is 10.4 Å². The van der Waals surface area contributed by atoms with E-state index in [0.717, 1.165) is 5.01 Å². The first-order valence-corrected chi connectivity index (χ1v) is 9.61. The van der Waals surface area contributed by atoms with E-state index < -0.39 is 22.4 Å². The van der Waals surface area contributed by atoms with Crippen molar-refractivity contribution in [3.8, 4) is 5.75 Å². The normalized spacial score (nSPS) is 22.3. The fraction of sp³-hybridized carbons (Fsp3) is 0.143. The highest BCUT2D eigenvalue weighted by Gasteiger charge is 2.48. The zero-order chi connectivity index (χ0) is 22.0. The molecule has 0 saturated carbocycles. The number of ether oxygens (including phenoxy) is 2. The molecule has 160 valence electrons. The third kappa shape index (κ3) is 4.14. The quantitative estimate of drug-likeness (QED) is 0.551. The molecule has 1 fully saturated rings. The number of carbonyl (C=O) groups is 1. The molecule has 2 aliphatic rings. The molecule has 2 N–H and O–H groups in total. The molecule has 1 saturated heterocycles. The first-order chi connectivity index (χ1) is 14.9. The van der Waals surface area contributed by atoms with Gasteiger partial charge in [0.15, 0.2) is 18.1 Å². The largest absolute Gasteiger partial charge is 0.610 e. The number of hydrogen-bond acceptors (Lipinski definition) is 7. The minimum atomic E-state index is -1.75. The molecule has 9 nitrogen and oxygen atoms in total. The second-order valence-electron chi connectivity index (χ2n) is 6.82. The van der Waals surface area contributed by atoms with Gasteiger partial charge in [0.05, 0.1) is 11.8 Å². The number of rotatable bonds is 4. The summed E-state index contributed by atoms with van der Waals surface area (Å²) in [5, 5.41) is 34.9. The molecular formula is C21H17ClN3O6-. The number of aliphatic hydroxyl groups is 1. The number of benzene rings is 2. The average Bonchev–Trinajstić information content (AvgIpc) is 3.40. The van der Waals surface area contributed by atoms with Crippen LogP contribution in [0.5, 0.6) is 5.75 Å². The number of nitrogens with one attached hydrogen (secondary N) is 1. The Kier molecular flexibility index (Phi) is 5.45. The van der Waals surface area contributed by atoms with Gasteiger partial charge in [0.1, 0.15) is 5.75 Å². The van der Waals surface area contributed by atoms with E-state index in [1.54, 1.807) is 54.6 Å². The summed E-state index contributed by atoms with van der Waals surface area (Å²) in [6.07, 6.45) is 2.55. The van der Waals surface area contributed by atoms with Crippen molar-refractivity contribution in [3.63, 3.8) is 0 Å². The van der Waals surface area contributed by atoms with Gasteiger partial charge < -0.3 is 25.0 Å². The molecule has 0 aromatic heterocycles. The fourth-order valence-corrected chi connectivity index (χ4v) is 3.39. The lowest BCUT2D eigenvalue weighted by Gasteiger charge is -2.32. The smallest absolute Gasteiger partial charge is 0.391 e. The van der Waals surface area contributed by atoms with Crippen molar-refractivity contribution >= 4 is 23.4 Å². The molecule has 1 amide bonds. The third-order valence-corrected chi connectivity index (χ3v) is 5.02. The van der Waals surface area contributed by atoms with Crippen molar-refractivity contribution in [2.75, 3.05) is 6.61 Å². The van der Waals surface area contributed by atoms with E-state index in [1.807, 2.05) is 0 Å². The number of halogens is 1. The van der Waals surface area contributed by atoms with Crippen LogP contribution in [-0.2, 0) is 15.3 Å². The molecule has 0 aliphatic carbocycles. The minimum absolute atomic E-state index is 0.0611. The Hall–Kier alpha value is -3.69. The lowest BCUT2D eigenvalue weighted by molar-refractivity contribution is -0.388. The van der Waals surface area contributed by atoms with Gasteiger partial charge in [-0.15, -0.1) is 4.90 Å². The summed E-state index contributed by atoms with van der Waals surface area (Å²) in [7, 11) is 0. The van der Waals surface area contributed by atoms with Crippen LogP contribution in [0.2, 0.25) is 5.02 Å². The molecule has 1 unspecified atom stereocenters. The van der Waals surface area contributed by atoms with Crippen LogP contribution < -0.4 is 10.2 Å². The summed E-state index contributed by atoms with van der Waals surface area (Å²) < 4.78 is 10.8. The maximum Gasteiger partial charge on any atom is 0.391 e. The van der Waals surface area contributed by atoms with Crippen molar-refractivity contribution in [1.29, 1.82) is 0 Å². The van der Waals surface area contributed by atoms with Gasteiger partial charge in [-0.1, -0.05) is 41.9 Å². The molecule has 0 spiro atoms. The highest BCUT2D eigenvalue weighted by atomic mass is 35.5. The Morgan fingerprint density at radius 1 is 1.19 bits per heavy atom. The standard InChI is InChI=1S/C21H17ClN3O6/c22-15-6-8-16(9-7-15)30-13-19(26)24-21(27,14-4-2-1-3-5-14)12-17(23-24)18-10-11-20(31-18)25(28)29/h1-11,23,27H,12-13H2/q-1. The first-order valence-electron chi connectivity index (χ1n) is 9.23. The number of nitrogens with zero attached hydrogens (tertiary/aromatic N) is 2. The zero-order valence-electron chi connectivity index (χ0n) is 16.0. The molecule has 2 aromatic carbocycles. The Labute approximate surface area is 182 Å². The van der Waals surface area contributed by atoms with Gasteiger partial charge in [-0.2, -0.15) is 0 Å². The van der Waals surface area contributed by atoms with Crippen LogP contribution in [0, 0.1) is 10.4 Å². The van der Waals surface area contributed by atoms with Gasteiger partial charge in [0.25, 0.3) is 5.91 Å². The van der Waals surface area contributed by atoms with Crippen LogP contribution >= 0.6 is 11.6 Å². The molecule has 0 bridgehead atoms. The van der Waals surface area contributed by atoms with Crippen LogP contribution in [0.25, 0.3) is 0 Å². The first kappa shape index (κ1) is 20.6. The Morgan fingerprint density at radius 2 is 1.90 bits per heavy atom. The van der Waals surface area contributed by atoms with E-state index in [9.17, 15) is 20.3 Å². The minimum Gasteiger partial charge on any atom is -0.610 e. The van der Waals surface area contributed by atoms with Crippen molar-refractivity contribution in [2.45, 2.75) is 12.1 Å². The van der Waals surface area contributed by atoms with Gasteiger partial charge in [-0.3, -0.25) is 10.2 Å². The lowest BCUT2D eigenvalue weighted by Crippen LogP contribution is -2.51. The van der Waals surface area contributed by atoms with Gasteiger partial charge in [0, 0.05) is 17.0 Å². The van der Waals surface area contributed by atoms with Crippen LogP contribution in [0.15, 0.2) is 78.2 Å². The van der Waals surface area contributed by atoms with Gasteiger partial charge in [0.2, 0.25) is 0 Å². The van der Waals surface area contributed by atoms with E-state index in [1.165, 1.54) is 12.2 Å². The summed E-state index contributed by atoms with van der Waals surface area (Å²) >= 11 is 5.85. The van der Waals surface area contributed by atoms with E-state index in [0.29, 0.717) is 22.0 Å². The van der Waals surface area contributed by atoms with Crippen molar-refractivity contribution < 1.29 is 24.3 Å². The van der Waals surface area contributed by atoms with Gasteiger partial charge in [-0.25, -0.2) is 5.01 Å². The number of hydrogen-bond donors (Lipinski definition) is 2. The summed E-state index contributed by atoms with van der Waals surface area (Å²) in [5.41, 5.74) is 1.85. The molecule has 2 heterocycles. The van der Waals surface area contributed by atoms with E-state index >= 15 is 0 Å². The maximum atomic E-state index is 13.0. The number of carbonyl (C=O) groups excluding carboxylic acids is 1. The number of amides is 1. The Balaban J connectivity index is 1.60. The molecule has 1 atom stereocenters. The summed E-state index contributed by atoms with van der Waals surface area (Å²) in [6, 6.07) is 15.1. The molecule has 31 heavy (non-hydrogen) atoms. The predicted molar refractivity (Wildman–Crippen MR) is 111 cm³/mol. The number of hydrazine groups is 1. The molecule has 0 radical (unpaired) electrons. The van der Waals surface area contributed by atoms with Crippen LogP contribution in [0.1, 0.15) is 12.0 Å². The van der Waals surface area contributed by atoms with Crippen LogP contribution in [-0.4, -0.2) is 33.4 Å². The Bertz CT molecular complexity index is 1080. The number of allylic oxidation sites excluding steroid dienone is 1. The SMILES string of the molecule is O=C(COc1ccc(Cl)cc1)N1NC(=C2C=CC(=[N+]([O-])[O-])O2)CC1(O)c1ccccc1. The molecule has 2 aliphatic heterocycles. The highest BCUT2D eigenvalue weighted by molar-refractivity contribution is 6.30. The topological polar surface area (TPSA) is 120 Å². The average molecular weight is 443 g/mol.